The summed E-state index contributed by atoms with van der Waals surface area (Å²) in [5.41, 5.74) is 12.0. The quantitative estimate of drug-likeness (QED) is 0.223. The van der Waals surface area contributed by atoms with E-state index in [2.05, 4.69) is 10.6 Å². The highest BCUT2D eigenvalue weighted by molar-refractivity contribution is 7.98. The summed E-state index contributed by atoms with van der Waals surface area (Å²) < 4.78 is 0. The lowest BCUT2D eigenvalue weighted by Gasteiger charge is -2.23. The highest BCUT2D eigenvalue weighted by atomic mass is 32.2. The Hall–Kier alpha value is -2.30. The molecule has 9 nitrogen and oxygen atoms in total. The first kappa shape index (κ1) is 25.7. The predicted octanol–water partition coefficient (Wildman–Crippen LogP) is 0.198. The van der Waals surface area contributed by atoms with Crippen LogP contribution in [0, 0.1) is 0 Å². The van der Waals surface area contributed by atoms with Gasteiger partial charge in [-0.1, -0.05) is 12.1 Å². The maximum absolute atomic E-state index is 12.8. The monoisotopic (exact) mass is 440 g/mol. The second-order valence-corrected chi connectivity index (χ2v) is 7.99. The van der Waals surface area contributed by atoms with Crippen LogP contribution in [0.4, 0.5) is 0 Å². The average molecular weight is 441 g/mol. The molecule has 1 rings (SSSR count). The van der Waals surface area contributed by atoms with Crippen LogP contribution in [0.3, 0.4) is 0 Å². The van der Waals surface area contributed by atoms with E-state index in [1.54, 1.807) is 23.9 Å². The second-order valence-electron chi connectivity index (χ2n) is 7.00. The van der Waals surface area contributed by atoms with Crippen molar-refractivity contribution in [3.05, 3.63) is 29.8 Å². The third-order valence-corrected chi connectivity index (χ3v) is 5.18. The molecule has 1 aromatic rings. The minimum absolute atomic E-state index is 0.0397. The van der Waals surface area contributed by atoms with E-state index in [0.29, 0.717) is 43.5 Å². The lowest BCUT2D eigenvalue weighted by Crippen LogP contribution is -2.54. The van der Waals surface area contributed by atoms with Crippen LogP contribution in [0.15, 0.2) is 24.3 Å². The van der Waals surface area contributed by atoms with Crippen LogP contribution >= 0.6 is 11.8 Å². The summed E-state index contributed by atoms with van der Waals surface area (Å²) >= 11 is 1.57. The normalized spacial score (nSPS) is 13.8. The Morgan fingerprint density at radius 3 is 2.23 bits per heavy atom. The van der Waals surface area contributed by atoms with Gasteiger partial charge >= 0.3 is 5.97 Å². The SMILES string of the molecule is CSCC[C@H](N)C(=O)N[C@@H](CCCCN)C(=O)N[C@@H](Cc1ccc(O)cc1)C(=O)O. The number of carbonyl (C=O) groups is 3. The summed E-state index contributed by atoms with van der Waals surface area (Å²) in [7, 11) is 0. The van der Waals surface area contributed by atoms with Crippen LogP contribution in [0.2, 0.25) is 0 Å². The van der Waals surface area contributed by atoms with Crippen molar-refractivity contribution >= 4 is 29.5 Å². The van der Waals surface area contributed by atoms with E-state index in [0.717, 1.165) is 0 Å². The molecule has 0 heterocycles. The number of nitrogens with one attached hydrogen (secondary N) is 2. The van der Waals surface area contributed by atoms with E-state index < -0.39 is 35.9 Å². The number of aliphatic carboxylic acids is 1. The van der Waals surface area contributed by atoms with Gasteiger partial charge in [0.15, 0.2) is 0 Å². The van der Waals surface area contributed by atoms with Gasteiger partial charge in [0, 0.05) is 6.42 Å². The van der Waals surface area contributed by atoms with Gasteiger partial charge in [0.25, 0.3) is 0 Å². The predicted molar refractivity (Wildman–Crippen MR) is 117 cm³/mol. The largest absolute Gasteiger partial charge is 0.508 e. The number of hydrogen-bond acceptors (Lipinski definition) is 7. The maximum Gasteiger partial charge on any atom is 0.326 e. The lowest BCUT2D eigenvalue weighted by atomic mass is 10.0. The van der Waals surface area contributed by atoms with Crippen molar-refractivity contribution < 1.29 is 24.6 Å². The zero-order valence-corrected chi connectivity index (χ0v) is 18.0. The molecule has 1 aromatic carbocycles. The first-order valence-corrected chi connectivity index (χ1v) is 11.2. The van der Waals surface area contributed by atoms with Crippen molar-refractivity contribution in [2.75, 3.05) is 18.6 Å². The van der Waals surface area contributed by atoms with Gasteiger partial charge in [-0.2, -0.15) is 11.8 Å². The van der Waals surface area contributed by atoms with E-state index >= 15 is 0 Å². The summed E-state index contributed by atoms with van der Waals surface area (Å²) in [4.78, 5) is 36.8. The molecule has 0 aliphatic heterocycles. The van der Waals surface area contributed by atoms with Gasteiger partial charge in [-0.25, -0.2) is 4.79 Å². The molecular weight excluding hydrogens is 408 g/mol. The van der Waals surface area contributed by atoms with Gasteiger partial charge in [0.2, 0.25) is 11.8 Å². The molecule has 0 fully saturated rings. The standard InChI is InChI=1S/C20H32N4O5S/c1-30-11-9-15(22)18(26)23-16(4-2-3-10-21)19(27)24-17(20(28)29)12-13-5-7-14(25)8-6-13/h5-8,15-17,25H,2-4,9-12,21-22H2,1H3,(H,23,26)(H,24,27)(H,28,29)/t15-,16-,17-/m0/s1. The van der Waals surface area contributed by atoms with Crippen molar-refractivity contribution in [2.45, 2.75) is 50.2 Å². The molecule has 0 saturated heterocycles. The number of rotatable bonds is 14. The maximum atomic E-state index is 12.8. The van der Waals surface area contributed by atoms with Crippen LogP contribution in [0.5, 0.6) is 5.75 Å². The highest BCUT2D eigenvalue weighted by Gasteiger charge is 2.27. The number of hydrogen-bond donors (Lipinski definition) is 6. The molecule has 0 bridgehead atoms. The summed E-state index contributed by atoms with van der Waals surface area (Å²) in [5, 5.41) is 24.0. The van der Waals surface area contributed by atoms with Gasteiger partial charge in [0.1, 0.15) is 17.8 Å². The molecule has 0 aliphatic rings. The molecule has 0 radical (unpaired) electrons. The molecular formula is C20H32N4O5S. The minimum atomic E-state index is -1.19. The van der Waals surface area contributed by atoms with E-state index in [-0.39, 0.29) is 12.2 Å². The van der Waals surface area contributed by atoms with Crippen LogP contribution in [-0.4, -0.2) is 64.7 Å². The Labute approximate surface area is 181 Å². The second kappa shape index (κ2) is 13.8. The summed E-state index contributed by atoms with van der Waals surface area (Å²) in [5.74, 6) is -1.44. The Balaban J connectivity index is 2.81. The van der Waals surface area contributed by atoms with Crippen LogP contribution in [0.1, 0.15) is 31.2 Å². The molecule has 0 aliphatic carbocycles. The number of carboxylic acid groups (broad SMARTS) is 1. The van der Waals surface area contributed by atoms with Gasteiger partial charge < -0.3 is 32.3 Å². The molecule has 10 heteroatoms. The third kappa shape index (κ3) is 9.47. The molecule has 168 valence electrons. The van der Waals surface area contributed by atoms with Gasteiger partial charge in [-0.05, 0) is 61.9 Å². The Morgan fingerprint density at radius 1 is 1.03 bits per heavy atom. The first-order chi connectivity index (χ1) is 14.3. The number of amides is 2. The molecule has 0 spiro atoms. The number of unbranched alkanes of at least 4 members (excludes halogenated alkanes) is 1. The molecule has 0 aromatic heterocycles. The first-order valence-electron chi connectivity index (χ1n) is 9.84. The summed E-state index contributed by atoms with van der Waals surface area (Å²) in [6.45, 7) is 0.453. The van der Waals surface area contributed by atoms with E-state index in [4.69, 9.17) is 11.5 Å². The number of carboxylic acids is 1. The number of aromatic hydroxyl groups is 1. The number of benzene rings is 1. The van der Waals surface area contributed by atoms with Crippen LogP contribution < -0.4 is 22.1 Å². The van der Waals surface area contributed by atoms with Crippen molar-refractivity contribution in [3.8, 4) is 5.75 Å². The van der Waals surface area contributed by atoms with Crippen molar-refractivity contribution in [1.82, 2.24) is 10.6 Å². The Kier molecular flexibility index (Phi) is 11.9. The van der Waals surface area contributed by atoms with E-state index in [9.17, 15) is 24.6 Å². The molecule has 30 heavy (non-hydrogen) atoms. The third-order valence-electron chi connectivity index (χ3n) is 4.54. The number of phenols is 1. The fourth-order valence-corrected chi connectivity index (χ4v) is 3.25. The number of nitrogens with two attached hydrogens (primary N) is 2. The fourth-order valence-electron chi connectivity index (χ4n) is 2.76. The topological polar surface area (TPSA) is 168 Å². The summed E-state index contributed by atoms with van der Waals surface area (Å²) in [6, 6.07) is 3.25. The van der Waals surface area contributed by atoms with Crippen molar-refractivity contribution in [1.29, 1.82) is 0 Å². The zero-order valence-electron chi connectivity index (χ0n) is 17.2. The summed E-state index contributed by atoms with van der Waals surface area (Å²) in [6.07, 6.45) is 4.03. The molecule has 3 atom stereocenters. The molecule has 0 unspecified atom stereocenters. The fraction of sp³-hybridized carbons (Fsp3) is 0.550. The van der Waals surface area contributed by atoms with Crippen LogP contribution in [0.25, 0.3) is 0 Å². The zero-order chi connectivity index (χ0) is 22.5. The molecule has 2 amide bonds. The Bertz CT molecular complexity index is 686. The highest BCUT2D eigenvalue weighted by Crippen LogP contribution is 2.12. The van der Waals surface area contributed by atoms with E-state index in [1.807, 2.05) is 6.26 Å². The van der Waals surface area contributed by atoms with Gasteiger partial charge in [0.05, 0.1) is 6.04 Å². The van der Waals surface area contributed by atoms with Crippen LogP contribution in [-0.2, 0) is 20.8 Å². The number of carbonyl (C=O) groups excluding carboxylic acids is 2. The van der Waals surface area contributed by atoms with Crippen molar-refractivity contribution in [3.63, 3.8) is 0 Å². The lowest BCUT2D eigenvalue weighted by molar-refractivity contribution is -0.142. The number of phenolic OH excluding ortho intramolecular Hbond substituents is 1. The number of thioether (sulfide) groups is 1. The Morgan fingerprint density at radius 2 is 1.67 bits per heavy atom. The van der Waals surface area contributed by atoms with Crippen molar-refractivity contribution in [2.24, 2.45) is 11.5 Å². The van der Waals surface area contributed by atoms with Gasteiger partial charge in [-0.15, -0.1) is 0 Å². The molecule has 8 N–H and O–H groups in total. The average Bonchev–Trinajstić information content (AvgIpc) is 2.72. The molecule has 0 saturated carbocycles. The van der Waals surface area contributed by atoms with E-state index in [1.165, 1.54) is 12.1 Å². The smallest absolute Gasteiger partial charge is 0.326 e. The van der Waals surface area contributed by atoms with Gasteiger partial charge in [-0.3, -0.25) is 9.59 Å². The minimum Gasteiger partial charge on any atom is -0.508 e.